The van der Waals surface area contributed by atoms with Gasteiger partial charge in [0.2, 0.25) is 0 Å². The van der Waals surface area contributed by atoms with Crippen molar-refractivity contribution < 1.29 is 0 Å². The average Bonchev–Trinajstić information content (AvgIpc) is 2.46. The summed E-state index contributed by atoms with van der Waals surface area (Å²) in [5, 5.41) is 4.16. The Morgan fingerprint density at radius 1 is 1.43 bits per heavy atom. The molecule has 0 aromatic carbocycles. The molecule has 5 heteroatoms. The van der Waals surface area contributed by atoms with Crippen molar-refractivity contribution in [3.63, 3.8) is 0 Å². The molecule has 1 N–H and O–H groups in total. The highest BCUT2D eigenvalue weighted by molar-refractivity contribution is 5.62. The molecule has 0 radical (unpaired) electrons. The molecule has 0 amide bonds. The predicted molar refractivity (Wildman–Crippen MR) is 51.8 cm³/mol. The first-order chi connectivity index (χ1) is 6.68. The van der Waals surface area contributed by atoms with Crippen molar-refractivity contribution in [3.05, 3.63) is 34.8 Å². The molecule has 0 aliphatic heterocycles. The third-order valence-corrected chi connectivity index (χ3v) is 2.02. The van der Waals surface area contributed by atoms with Crippen molar-refractivity contribution in [2.75, 3.05) is 0 Å². The number of hydrogen-bond acceptors (Lipinski definition) is 3. The van der Waals surface area contributed by atoms with Gasteiger partial charge in [0.05, 0.1) is 17.6 Å². The molecule has 2 aromatic heterocycles. The van der Waals surface area contributed by atoms with Gasteiger partial charge in [-0.3, -0.25) is 9.48 Å². The summed E-state index contributed by atoms with van der Waals surface area (Å²) in [7, 11) is 1.82. The van der Waals surface area contributed by atoms with Crippen LogP contribution in [0.25, 0.3) is 11.1 Å². The second-order valence-corrected chi connectivity index (χ2v) is 3.10. The first-order valence-corrected chi connectivity index (χ1v) is 4.22. The molecule has 0 saturated heterocycles. The maximum Gasteiger partial charge on any atom is 0.258 e. The summed E-state index contributed by atoms with van der Waals surface area (Å²) in [6.07, 6.45) is 4.72. The molecule has 2 heterocycles. The van der Waals surface area contributed by atoms with Crippen LogP contribution in [0.1, 0.15) is 5.69 Å². The van der Waals surface area contributed by atoms with Crippen LogP contribution in [0.15, 0.2) is 23.5 Å². The summed E-state index contributed by atoms with van der Waals surface area (Å²) in [6, 6.07) is 0. The molecule has 0 aliphatic rings. The predicted octanol–water partition coefficient (Wildman–Crippen LogP) is 0.479. The van der Waals surface area contributed by atoms with Gasteiger partial charge in [0.15, 0.2) is 0 Å². The summed E-state index contributed by atoms with van der Waals surface area (Å²) < 4.78 is 1.68. The number of aryl methyl sites for hydroxylation is 2. The van der Waals surface area contributed by atoms with Crippen molar-refractivity contribution in [1.82, 2.24) is 19.7 Å². The minimum atomic E-state index is -0.142. The topological polar surface area (TPSA) is 63.6 Å². The smallest absolute Gasteiger partial charge is 0.258 e. The molecule has 14 heavy (non-hydrogen) atoms. The summed E-state index contributed by atoms with van der Waals surface area (Å²) >= 11 is 0. The molecule has 0 unspecified atom stereocenters. The lowest BCUT2D eigenvalue weighted by Crippen LogP contribution is -2.08. The number of aromatic amines is 1. The van der Waals surface area contributed by atoms with Gasteiger partial charge in [0.25, 0.3) is 5.56 Å². The zero-order valence-corrected chi connectivity index (χ0v) is 7.98. The van der Waals surface area contributed by atoms with Crippen LogP contribution in [0, 0.1) is 6.92 Å². The third kappa shape index (κ3) is 1.32. The van der Waals surface area contributed by atoms with Crippen LogP contribution < -0.4 is 5.56 Å². The SMILES string of the molecule is Cc1nn(C)cc1-c1cnc[nH]c1=O. The van der Waals surface area contributed by atoms with E-state index in [-0.39, 0.29) is 5.56 Å². The van der Waals surface area contributed by atoms with E-state index in [0.29, 0.717) is 5.56 Å². The first kappa shape index (κ1) is 8.68. The van der Waals surface area contributed by atoms with Crippen molar-refractivity contribution >= 4 is 0 Å². The number of nitrogens with zero attached hydrogens (tertiary/aromatic N) is 3. The molecule has 0 aliphatic carbocycles. The fourth-order valence-corrected chi connectivity index (χ4v) is 1.40. The Bertz CT molecular complexity index is 512. The van der Waals surface area contributed by atoms with E-state index in [4.69, 9.17) is 0 Å². The highest BCUT2D eigenvalue weighted by Gasteiger charge is 2.08. The molecule has 0 bridgehead atoms. The molecule has 72 valence electrons. The molecule has 2 rings (SSSR count). The average molecular weight is 190 g/mol. The van der Waals surface area contributed by atoms with Gasteiger partial charge in [0.1, 0.15) is 0 Å². The fraction of sp³-hybridized carbons (Fsp3) is 0.222. The van der Waals surface area contributed by atoms with Crippen LogP contribution in [-0.4, -0.2) is 19.7 Å². The van der Waals surface area contributed by atoms with Crippen molar-refractivity contribution in [2.24, 2.45) is 7.05 Å². The summed E-state index contributed by atoms with van der Waals surface area (Å²) in [4.78, 5) is 17.9. The van der Waals surface area contributed by atoms with Gasteiger partial charge in [-0.2, -0.15) is 5.10 Å². The second kappa shape index (κ2) is 3.10. The molecule has 0 spiro atoms. The lowest BCUT2D eigenvalue weighted by Gasteiger charge is -1.94. The molecule has 5 nitrogen and oxygen atoms in total. The normalized spacial score (nSPS) is 10.4. The molecule has 2 aromatic rings. The van der Waals surface area contributed by atoms with E-state index >= 15 is 0 Å². The van der Waals surface area contributed by atoms with Gasteiger partial charge in [-0.05, 0) is 6.92 Å². The Kier molecular flexibility index (Phi) is 1.92. The van der Waals surface area contributed by atoms with Gasteiger partial charge < -0.3 is 4.98 Å². The summed E-state index contributed by atoms with van der Waals surface area (Å²) in [5.41, 5.74) is 2.06. The summed E-state index contributed by atoms with van der Waals surface area (Å²) in [5.74, 6) is 0. The van der Waals surface area contributed by atoms with Crippen LogP contribution in [0.4, 0.5) is 0 Å². The second-order valence-electron chi connectivity index (χ2n) is 3.10. The largest absolute Gasteiger partial charge is 0.313 e. The van der Waals surface area contributed by atoms with E-state index < -0.39 is 0 Å². The summed E-state index contributed by atoms with van der Waals surface area (Å²) in [6.45, 7) is 1.86. The molecule has 0 saturated carbocycles. The zero-order valence-electron chi connectivity index (χ0n) is 7.98. The zero-order chi connectivity index (χ0) is 10.1. The van der Waals surface area contributed by atoms with E-state index in [1.807, 2.05) is 20.2 Å². The van der Waals surface area contributed by atoms with Gasteiger partial charge in [-0.1, -0.05) is 0 Å². The Hall–Kier alpha value is -1.91. The maximum absolute atomic E-state index is 11.4. The van der Waals surface area contributed by atoms with E-state index in [9.17, 15) is 4.79 Å². The van der Waals surface area contributed by atoms with Gasteiger partial charge in [-0.25, -0.2) is 4.98 Å². The van der Waals surface area contributed by atoms with Crippen LogP contribution in [0.2, 0.25) is 0 Å². The van der Waals surface area contributed by atoms with Crippen LogP contribution in [-0.2, 0) is 7.05 Å². The highest BCUT2D eigenvalue weighted by Crippen LogP contribution is 2.16. The Morgan fingerprint density at radius 3 is 2.79 bits per heavy atom. The standard InChI is InChI=1S/C9H10N4O/c1-6-8(4-13(2)12-6)7-3-10-5-11-9(7)14/h3-5H,1-2H3,(H,10,11,14). The first-order valence-electron chi connectivity index (χ1n) is 4.22. The molecular weight excluding hydrogens is 180 g/mol. The Labute approximate surface area is 80.4 Å². The number of aromatic nitrogens is 4. The highest BCUT2D eigenvalue weighted by atomic mass is 16.1. The van der Waals surface area contributed by atoms with Gasteiger partial charge in [0, 0.05) is 25.0 Å². The van der Waals surface area contributed by atoms with E-state index in [0.717, 1.165) is 11.3 Å². The minimum absolute atomic E-state index is 0.142. The molecule has 0 fully saturated rings. The third-order valence-electron chi connectivity index (χ3n) is 2.02. The number of rotatable bonds is 1. The van der Waals surface area contributed by atoms with E-state index in [1.165, 1.54) is 6.33 Å². The van der Waals surface area contributed by atoms with E-state index in [1.54, 1.807) is 10.9 Å². The van der Waals surface area contributed by atoms with Crippen LogP contribution in [0.3, 0.4) is 0 Å². The van der Waals surface area contributed by atoms with Crippen molar-refractivity contribution in [3.8, 4) is 11.1 Å². The number of hydrogen-bond donors (Lipinski definition) is 1. The minimum Gasteiger partial charge on any atom is -0.313 e. The van der Waals surface area contributed by atoms with Gasteiger partial charge in [-0.15, -0.1) is 0 Å². The van der Waals surface area contributed by atoms with Crippen molar-refractivity contribution in [2.45, 2.75) is 6.92 Å². The van der Waals surface area contributed by atoms with Gasteiger partial charge >= 0.3 is 0 Å². The molecular formula is C9H10N4O. The van der Waals surface area contributed by atoms with E-state index in [2.05, 4.69) is 15.1 Å². The molecule has 0 atom stereocenters. The Balaban J connectivity index is 2.66. The lowest BCUT2D eigenvalue weighted by molar-refractivity contribution is 0.756. The van der Waals surface area contributed by atoms with Crippen LogP contribution >= 0.6 is 0 Å². The fourth-order valence-electron chi connectivity index (χ4n) is 1.40. The van der Waals surface area contributed by atoms with Crippen molar-refractivity contribution in [1.29, 1.82) is 0 Å². The van der Waals surface area contributed by atoms with Crippen LogP contribution in [0.5, 0.6) is 0 Å². The number of nitrogens with one attached hydrogen (secondary N) is 1. The quantitative estimate of drug-likeness (QED) is 0.711. The monoisotopic (exact) mass is 190 g/mol. The number of H-pyrrole nitrogens is 1. The maximum atomic E-state index is 11.4. The lowest BCUT2D eigenvalue weighted by atomic mass is 10.1. The Morgan fingerprint density at radius 2 is 2.21 bits per heavy atom.